The Morgan fingerprint density at radius 3 is 2.07 bits per heavy atom. The van der Waals surface area contributed by atoms with Crippen LogP contribution in [0, 0.1) is 0 Å². The number of hydrogen-bond donors (Lipinski definition) is 13. The van der Waals surface area contributed by atoms with E-state index in [1.54, 1.807) is 0 Å². The smallest absolute Gasteiger partial charge is 0.410 e. The van der Waals surface area contributed by atoms with Crippen LogP contribution in [0.25, 0.3) is 0 Å². The molecule has 43 heavy (non-hydrogen) atoms. The number of nitrogens with one attached hydrogen (secondary N) is 2. The zero-order valence-electron chi connectivity index (χ0n) is 23.2. The van der Waals surface area contributed by atoms with Gasteiger partial charge in [0, 0.05) is 0 Å². The first-order valence-corrected chi connectivity index (χ1v) is 13.3. The van der Waals surface area contributed by atoms with E-state index in [4.69, 9.17) is 46.6 Å². The van der Waals surface area contributed by atoms with Crippen molar-refractivity contribution in [1.29, 1.82) is 0 Å². The molecule has 0 aromatic carbocycles. The van der Waals surface area contributed by atoms with Crippen molar-refractivity contribution in [2.75, 3.05) is 13.7 Å². The minimum absolute atomic E-state index is 0.508. The fraction of sp³-hybridized carbons (Fsp3) is 0.864. The van der Waals surface area contributed by atoms with Gasteiger partial charge in [-0.15, -0.1) is 0 Å². The number of aliphatic hydroxyl groups is 7. The average Bonchev–Trinajstić information content (AvgIpc) is 3.38. The molecule has 4 fully saturated rings. The highest BCUT2D eigenvalue weighted by molar-refractivity contribution is 5.76. The highest BCUT2D eigenvalue weighted by atomic mass is 16.8. The molecule has 246 valence electrons. The first-order chi connectivity index (χ1) is 20.2. The maximum atomic E-state index is 12.3. The van der Waals surface area contributed by atoms with Crippen molar-refractivity contribution >= 4 is 18.0 Å². The van der Waals surface area contributed by atoms with Gasteiger partial charge < -0.3 is 87.7 Å². The summed E-state index contributed by atoms with van der Waals surface area (Å²) in [6.07, 6.45) is -20.1. The molecule has 21 nitrogen and oxygen atoms in total. The van der Waals surface area contributed by atoms with Crippen molar-refractivity contribution in [3.63, 3.8) is 0 Å². The molecule has 0 radical (unpaired) electrons. The van der Waals surface area contributed by atoms with Crippen molar-refractivity contribution in [3.05, 3.63) is 0 Å². The molecule has 16 atom stereocenters. The van der Waals surface area contributed by atoms with Crippen LogP contribution in [0.3, 0.4) is 0 Å². The number of hydrogen-bond acceptors (Lipinski definition) is 16. The Labute approximate surface area is 244 Å². The number of amides is 1. The highest BCUT2D eigenvalue weighted by Gasteiger charge is 2.69. The van der Waals surface area contributed by atoms with Crippen LogP contribution >= 0.6 is 0 Å². The lowest BCUT2D eigenvalue weighted by molar-refractivity contribution is -0.318. The third kappa shape index (κ3) is 5.91. The molecule has 4 rings (SSSR count). The number of likely N-dealkylation sites (N-methyl/N-ethyl adjacent to an activating group) is 1. The summed E-state index contributed by atoms with van der Waals surface area (Å²) in [5.41, 5.74) is 19.9. The first-order valence-electron chi connectivity index (χ1n) is 13.3. The minimum Gasteiger partial charge on any atom is -0.432 e. The molecule has 1 spiro atoms. The summed E-state index contributed by atoms with van der Waals surface area (Å²) in [5, 5.41) is 79.4. The number of rotatable bonds is 8. The van der Waals surface area contributed by atoms with E-state index >= 15 is 0 Å². The maximum Gasteiger partial charge on any atom is 0.410 e. The third-order valence-corrected chi connectivity index (χ3v) is 8.07. The molecule has 0 aromatic heterocycles. The molecule has 3 aliphatic heterocycles. The van der Waals surface area contributed by atoms with E-state index in [1.165, 1.54) is 14.0 Å². The summed E-state index contributed by atoms with van der Waals surface area (Å²) in [4.78, 5) is 20.0. The van der Waals surface area contributed by atoms with Gasteiger partial charge in [0.05, 0.1) is 12.6 Å². The number of carbonyl (C=O) groups excluding carboxylic acids is 1. The molecule has 17 N–H and O–H groups in total. The Morgan fingerprint density at radius 1 is 0.907 bits per heavy atom. The largest absolute Gasteiger partial charge is 0.432 e. The van der Waals surface area contributed by atoms with E-state index in [0.29, 0.717) is 0 Å². The molecular formula is C22H40N8O13. The number of carbonyl (C=O) groups is 1. The van der Waals surface area contributed by atoms with Gasteiger partial charge in [0.1, 0.15) is 60.9 Å². The summed E-state index contributed by atoms with van der Waals surface area (Å²) < 4.78 is 29.2. The van der Waals surface area contributed by atoms with Crippen molar-refractivity contribution < 1.29 is 64.2 Å². The Balaban J connectivity index is 1.72. The standard InChI is InChI=1S/C22H40N8O13/c1-4-22(18(37)30-21(38)43-22)15(42-16-8(27-2)12(35)9(32)5(3-31)40-16)17(39-4)41-14-7(29-20(25)26)10(33)6(28-19(23)24)11(34)13(14)36/h4-18,27,31-37H,3H2,1-2H3,(H,30,38)(H4,23,24,28)(H4,25,26,29). The van der Waals surface area contributed by atoms with Gasteiger partial charge in [-0.2, -0.15) is 0 Å². The van der Waals surface area contributed by atoms with Gasteiger partial charge in [0.2, 0.25) is 5.60 Å². The van der Waals surface area contributed by atoms with E-state index in [0.717, 1.165) is 0 Å². The van der Waals surface area contributed by atoms with Crippen LogP contribution in [0.4, 0.5) is 4.79 Å². The van der Waals surface area contributed by atoms with Gasteiger partial charge in [-0.3, -0.25) is 5.32 Å². The van der Waals surface area contributed by atoms with Gasteiger partial charge >= 0.3 is 6.09 Å². The number of nitrogens with zero attached hydrogens (tertiary/aromatic N) is 2. The van der Waals surface area contributed by atoms with Crippen molar-refractivity contribution in [2.45, 2.75) is 104 Å². The zero-order valence-corrected chi connectivity index (χ0v) is 23.2. The number of alkyl carbamates (subject to hydrolysis) is 1. The Bertz CT molecular complexity index is 1070. The SMILES string of the molecule is CNC1C(OC2C(OC3C(O)C(O)C(N=C(N)N)C(O)C3N=C(N)N)OC(C)C23OC(=O)NC3O)OC(CO)C(O)C1O. The van der Waals surface area contributed by atoms with E-state index in [-0.39, 0.29) is 0 Å². The number of guanidine groups is 2. The molecule has 3 saturated heterocycles. The molecule has 0 bridgehead atoms. The Morgan fingerprint density at radius 2 is 1.53 bits per heavy atom. The normalized spacial score (nSPS) is 48.0. The molecule has 0 aromatic rings. The second-order valence-electron chi connectivity index (χ2n) is 10.7. The summed E-state index contributed by atoms with van der Waals surface area (Å²) in [6.45, 7) is 0.705. The highest BCUT2D eigenvalue weighted by Crippen LogP contribution is 2.44. The lowest BCUT2D eigenvalue weighted by atomic mass is 9.81. The fourth-order valence-corrected chi connectivity index (χ4v) is 5.90. The van der Waals surface area contributed by atoms with E-state index in [2.05, 4.69) is 20.6 Å². The molecular weight excluding hydrogens is 584 g/mol. The predicted octanol–water partition coefficient (Wildman–Crippen LogP) is -8.29. The van der Waals surface area contributed by atoms with Crippen LogP contribution in [0.2, 0.25) is 0 Å². The summed E-state index contributed by atoms with van der Waals surface area (Å²) in [7, 11) is 1.43. The topological polar surface area (TPSA) is 358 Å². The van der Waals surface area contributed by atoms with Crippen LogP contribution < -0.4 is 33.6 Å². The lowest BCUT2D eigenvalue weighted by Gasteiger charge is -2.46. The van der Waals surface area contributed by atoms with Crippen LogP contribution in [-0.2, 0) is 23.7 Å². The molecule has 21 heteroatoms. The van der Waals surface area contributed by atoms with Crippen LogP contribution in [-0.4, -0.2) is 165 Å². The monoisotopic (exact) mass is 624 g/mol. The average molecular weight is 625 g/mol. The third-order valence-electron chi connectivity index (χ3n) is 8.07. The zero-order chi connectivity index (χ0) is 32.0. The van der Waals surface area contributed by atoms with E-state index in [1.807, 2.05) is 0 Å². The molecule has 4 aliphatic rings. The van der Waals surface area contributed by atoms with Crippen molar-refractivity contribution in [1.82, 2.24) is 10.6 Å². The van der Waals surface area contributed by atoms with E-state index in [9.17, 15) is 40.5 Å². The predicted molar refractivity (Wildman–Crippen MR) is 140 cm³/mol. The molecule has 3 heterocycles. The van der Waals surface area contributed by atoms with E-state index < -0.39 is 122 Å². The summed E-state index contributed by atoms with van der Waals surface area (Å²) in [6, 6.07) is -4.12. The number of aliphatic hydroxyl groups excluding tert-OH is 7. The number of ether oxygens (including phenoxy) is 5. The fourth-order valence-electron chi connectivity index (χ4n) is 5.90. The van der Waals surface area contributed by atoms with Crippen LogP contribution in [0.15, 0.2) is 9.98 Å². The Hall–Kier alpha value is -2.67. The molecule has 1 amide bonds. The Kier molecular flexibility index (Phi) is 9.85. The van der Waals surface area contributed by atoms with Gasteiger partial charge in [-0.05, 0) is 14.0 Å². The lowest BCUT2D eigenvalue weighted by Crippen LogP contribution is -2.67. The summed E-state index contributed by atoms with van der Waals surface area (Å²) >= 11 is 0. The van der Waals surface area contributed by atoms with Gasteiger partial charge in [-0.1, -0.05) is 0 Å². The van der Waals surface area contributed by atoms with Gasteiger partial charge in [-0.25, -0.2) is 14.8 Å². The number of nitrogens with two attached hydrogens (primary N) is 4. The van der Waals surface area contributed by atoms with Gasteiger partial charge in [0.25, 0.3) is 0 Å². The molecule has 1 saturated carbocycles. The van der Waals surface area contributed by atoms with Gasteiger partial charge in [0.15, 0.2) is 36.8 Å². The maximum absolute atomic E-state index is 12.3. The van der Waals surface area contributed by atoms with Crippen molar-refractivity contribution in [2.24, 2.45) is 32.9 Å². The first kappa shape index (κ1) is 33.2. The summed E-state index contributed by atoms with van der Waals surface area (Å²) in [5.74, 6) is -1.04. The minimum atomic E-state index is -2.03. The van der Waals surface area contributed by atoms with Crippen molar-refractivity contribution in [3.8, 4) is 0 Å². The van der Waals surface area contributed by atoms with Crippen LogP contribution in [0.1, 0.15) is 6.92 Å². The molecule has 1 aliphatic carbocycles. The quantitative estimate of drug-likeness (QED) is 0.0880. The second-order valence-corrected chi connectivity index (χ2v) is 10.7. The number of aliphatic imine (C=N–C) groups is 2. The molecule has 16 unspecified atom stereocenters. The van der Waals surface area contributed by atoms with Crippen LogP contribution in [0.5, 0.6) is 0 Å². The second kappa shape index (κ2) is 12.7.